The number of furan rings is 1. The Labute approximate surface area is 139 Å². The molecule has 2 heterocycles. The van der Waals surface area contributed by atoms with Crippen LogP contribution in [0.5, 0.6) is 5.75 Å². The average Bonchev–Trinajstić information content (AvgIpc) is 3.26. The van der Waals surface area contributed by atoms with Gasteiger partial charge in [0.1, 0.15) is 11.5 Å². The molecule has 8 heteroatoms. The molecule has 0 atom stereocenters. The molecule has 0 saturated heterocycles. The molecule has 2 aromatic heterocycles. The number of nitrogens with one attached hydrogen (secondary N) is 1. The lowest BCUT2D eigenvalue weighted by atomic mass is 10.3. The molecule has 1 N–H and O–H groups in total. The number of benzene rings is 1. The molecule has 24 heavy (non-hydrogen) atoms. The van der Waals surface area contributed by atoms with Crippen LogP contribution in [-0.4, -0.2) is 31.9 Å². The van der Waals surface area contributed by atoms with Gasteiger partial charge in [-0.1, -0.05) is 0 Å². The molecule has 3 rings (SSSR count). The first-order valence-electron chi connectivity index (χ1n) is 7.28. The summed E-state index contributed by atoms with van der Waals surface area (Å²) in [5.41, 5.74) is 0.845. The van der Waals surface area contributed by atoms with Gasteiger partial charge in [0.15, 0.2) is 0 Å². The lowest BCUT2D eigenvalue weighted by Crippen LogP contribution is -2.27. The normalized spacial score (nSPS) is 11.5. The van der Waals surface area contributed by atoms with E-state index in [2.05, 4.69) is 9.82 Å². The van der Waals surface area contributed by atoms with E-state index in [0.717, 1.165) is 11.3 Å². The first kappa shape index (κ1) is 16.3. The van der Waals surface area contributed by atoms with Gasteiger partial charge in [0, 0.05) is 12.7 Å². The van der Waals surface area contributed by atoms with Gasteiger partial charge in [0.2, 0.25) is 10.0 Å². The summed E-state index contributed by atoms with van der Waals surface area (Å²) in [6, 6.07) is 9.87. The van der Waals surface area contributed by atoms with Crippen LogP contribution in [0.25, 0.3) is 11.3 Å². The maximum atomic E-state index is 12.2. The third-order valence-electron chi connectivity index (χ3n) is 3.44. The Bertz CT molecular complexity index is 884. The zero-order valence-electron chi connectivity index (χ0n) is 13.0. The first-order valence-corrected chi connectivity index (χ1v) is 8.77. The van der Waals surface area contributed by atoms with Crippen LogP contribution in [0, 0.1) is 0 Å². The summed E-state index contributed by atoms with van der Waals surface area (Å²) >= 11 is 0. The first-order chi connectivity index (χ1) is 11.6. The quantitative estimate of drug-likeness (QED) is 0.707. The smallest absolute Gasteiger partial charge is 0.240 e. The second kappa shape index (κ2) is 6.90. The monoisotopic (exact) mass is 347 g/mol. The fourth-order valence-corrected chi connectivity index (χ4v) is 3.21. The second-order valence-electron chi connectivity index (χ2n) is 5.04. The van der Waals surface area contributed by atoms with Crippen molar-refractivity contribution in [2.24, 2.45) is 0 Å². The van der Waals surface area contributed by atoms with Crippen molar-refractivity contribution in [2.75, 3.05) is 13.7 Å². The molecule has 0 unspecified atom stereocenters. The molecule has 0 amide bonds. The predicted octanol–water partition coefficient (Wildman–Crippen LogP) is 2.13. The summed E-state index contributed by atoms with van der Waals surface area (Å²) in [6.07, 6.45) is 5.08. The van der Waals surface area contributed by atoms with E-state index >= 15 is 0 Å². The highest BCUT2D eigenvalue weighted by Gasteiger charge is 2.13. The lowest BCUT2D eigenvalue weighted by Gasteiger charge is -2.07. The van der Waals surface area contributed by atoms with Crippen molar-refractivity contribution in [3.8, 4) is 17.1 Å². The predicted molar refractivity (Wildman–Crippen MR) is 88.1 cm³/mol. The summed E-state index contributed by atoms with van der Waals surface area (Å²) in [4.78, 5) is 0.194. The fraction of sp³-hybridized carbons (Fsp3) is 0.188. The topological polar surface area (TPSA) is 86.4 Å². The SMILES string of the molecule is COc1ccc(S(=O)(=O)NCCn2cc(-c3ccco3)cn2)cc1. The molecule has 0 radical (unpaired) electrons. The molecule has 0 saturated carbocycles. The van der Waals surface area contributed by atoms with Crippen LogP contribution in [-0.2, 0) is 16.6 Å². The Morgan fingerprint density at radius 2 is 2.04 bits per heavy atom. The van der Waals surface area contributed by atoms with Crippen LogP contribution in [0.15, 0.2) is 64.4 Å². The van der Waals surface area contributed by atoms with E-state index in [4.69, 9.17) is 9.15 Å². The minimum atomic E-state index is -3.56. The fourth-order valence-electron chi connectivity index (χ4n) is 2.19. The molecule has 0 aliphatic heterocycles. The molecule has 126 valence electrons. The molecule has 1 aromatic carbocycles. The van der Waals surface area contributed by atoms with Crippen molar-refractivity contribution < 1.29 is 17.6 Å². The largest absolute Gasteiger partial charge is 0.497 e. The Morgan fingerprint density at radius 1 is 1.25 bits per heavy atom. The van der Waals surface area contributed by atoms with Gasteiger partial charge in [0.05, 0.1) is 36.6 Å². The Balaban J connectivity index is 1.59. The van der Waals surface area contributed by atoms with Crippen LogP contribution in [0.3, 0.4) is 0 Å². The van der Waals surface area contributed by atoms with E-state index in [1.807, 2.05) is 6.07 Å². The van der Waals surface area contributed by atoms with Crippen LogP contribution in [0.1, 0.15) is 0 Å². The zero-order valence-corrected chi connectivity index (χ0v) is 13.9. The number of nitrogens with zero attached hydrogens (tertiary/aromatic N) is 2. The van der Waals surface area contributed by atoms with Crippen molar-refractivity contribution in [3.05, 3.63) is 55.1 Å². The van der Waals surface area contributed by atoms with Crippen LogP contribution < -0.4 is 9.46 Å². The molecule has 0 aliphatic rings. The number of hydrogen-bond donors (Lipinski definition) is 1. The number of aromatic nitrogens is 2. The number of ether oxygens (including phenoxy) is 1. The highest BCUT2D eigenvalue weighted by Crippen LogP contribution is 2.18. The molecule has 0 aliphatic carbocycles. The van der Waals surface area contributed by atoms with Crippen LogP contribution in [0.4, 0.5) is 0 Å². The zero-order chi connectivity index (χ0) is 17.0. The van der Waals surface area contributed by atoms with Crippen LogP contribution in [0.2, 0.25) is 0 Å². The summed E-state index contributed by atoms with van der Waals surface area (Å²) < 4.78 is 39.0. The third kappa shape index (κ3) is 3.66. The van der Waals surface area contributed by atoms with Gasteiger partial charge >= 0.3 is 0 Å². The van der Waals surface area contributed by atoms with Crippen molar-refractivity contribution in [1.82, 2.24) is 14.5 Å². The van der Waals surface area contributed by atoms with Crippen molar-refractivity contribution in [3.63, 3.8) is 0 Å². The Hall–Kier alpha value is -2.58. The Morgan fingerprint density at radius 3 is 2.71 bits per heavy atom. The van der Waals surface area contributed by atoms with Crippen molar-refractivity contribution in [2.45, 2.75) is 11.4 Å². The second-order valence-corrected chi connectivity index (χ2v) is 6.81. The van der Waals surface area contributed by atoms with E-state index < -0.39 is 10.0 Å². The van der Waals surface area contributed by atoms with Gasteiger partial charge in [-0.25, -0.2) is 13.1 Å². The molecule has 0 fully saturated rings. The summed E-state index contributed by atoms with van der Waals surface area (Å²) in [6.45, 7) is 0.643. The number of sulfonamides is 1. The van der Waals surface area contributed by atoms with Gasteiger partial charge in [0.25, 0.3) is 0 Å². The molecule has 0 spiro atoms. The van der Waals surface area contributed by atoms with E-state index in [-0.39, 0.29) is 11.4 Å². The highest BCUT2D eigenvalue weighted by atomic mass is 32.2. The van der Waals surface area contributed by atoms with Gasteiger partial charge in [-0.3, -0.25) is 4.68 Å². The molecule has 7 nitrogen and oxygen atoms in total. The molecular weight excluding hydrogens is 330 g/mol. The molecule has 0 bridgehead atoms. The van der Waals surface area contributed by atoms with Gasteiger partial charge in [-0.05, 0) is 36.4 Å². The summed E-state index contributed by atoms with van der Waals surface area (Å²) in [5, 5.41) is 4.19. The third-order valence-corrected chi connectivity index (χ3v) is 4.92. The van der Waals surface area contributed by atoms with Gasteiger partial charge in [-0.15, -0.1) is 0 Å². The Kier molecular flexibility index (Phi) is 4.68. The number of hydrogen-bond acceptors (Lipinski definition) is 5. The molecule has 3 aromatic rings. The van der Waals surface area contributed by atoms with E-state index in [0.29, 0.717) is 12.3 Å². The standard InChI is InChI=1S/C16H17N3O4S/c1-22-14-4-6-15(7-5-14)24(20,21)18-8-9-19-12-13(11-17-19)16-3-2-10-23-16/h2-7,10-12,18H,8-9H2,1H3. The van der Waals surface area contributed by atoms with Gasteiger partial charge < -0.3 is 9.15 Å². The summed E-state index contributed by atoms with van der Waals surface area (Å²) in [7, 11) is -2.03. The molecular formula is C16H17N3O4S. The minimum absolute atomic E-state index is 0.194. The maximum Gasteiger partial charge on any atom is 0.240 e. The van der Waals surface area contributed by atoms with E-state index in [9.17, 15) is 8.42 Å². The van der Waals surface area contributed by atoms with Crippen LogP contribution >= 0.6 is 0 Å². The number of methoxy groups -OCH3 is 1. The summed E-state index contributed by atoms with van der Waals surface area (Å²) in [5.74, 6) is 1.33. The van der Waals surface area contributed by atoms with Crippen molar-refractivity contribution in [1.29, 1.82) is 0 Å². The highest BCUT2D eigenvalue weighted by molar-refractivity contribution is 7.89. The van der Waals surface area contributed by atoms with Crippen molar-refractivity contribution >= 4 is 10.0 Å². The lowest BCUT2D eigenvalue weighted by molar-refractivity contribution is 0.414. The van der Waals surface area contributed by atoms with E-state index in [1.165, 1.54) is 19.2 Å². The van der Waals surface area contributed by atoms with Gasteiger partial charge in [-0.2, -0.15) is 5.10 Å². The average molecular weight is 347 g/mol. The number of rotatable bonds is 7. The van der Waals surface area contributed by atoms with E-state index in [1.54, 1.807) is 41.5 Å². The minimum Gasteiger partial charge on any atom is -0.497 e. The maximum absolute atomic E-state index is 12.2.